The summed E-state index contributed by atoms with van der Waals surface area (Å²) in [4.78, 5) is 2.45. The number of benzene rings is 1. The molecule has 1 rings (SSSR count). The van der Waals surface area contributed by atoms with Crippen LogP contribution in [0.25, 0.3) is 10.4 Å². The Morgan fingerprint density at radius 2 is 2.00 bits per heavy atom. The minimum atomic E-state index is -1.45. The number of phenols is 1. The second kappa shape index (κ2) is 5.95. The van der Waals surface area contributed by atoms with E-state index >= 15 is 0 Å². The van der Waals surface area contributed by atoms with Gasteiger partial charge in [-0.2, -0.15) is 0 Å². The summed E-state index contributed by atoms with van der Waals surface area (Å²) in [5, 5.41) is 32.1. The van der Waals surface area contributed by atoms with E-state index in [4.69, 9.17) is 28.7 Å². The number of halogens is 2. The number of rotatable bonds is 4. The van der Waals surface area contributed by atoms with Crippen LogP contribution in [0.2, 0.25) is 10.0 Å². The molecule has 2 atom stereocenters. The predicted molar refractivity (Wildman–Crippen MR) is 63.1 cm³/mol. The number of phenolic OH excluding ortho intramolecular Hbond substituents is 1. The molecule has 0 fully saturated rings. The maximum absolute atomic E-state index is 9.73. The van der Waals surface area contributed by atoms with Crippen molar-refractivity contribution in [1.82, 2.24) is 0 Å². The largest absolute Gasteiger partial charge is 0.506 e. The molecule has 0 aromatic heterocycles. The normalized spacial score (nSPS) is 13.9. The summed E-state index contributed by atoms with van der Waals surface area (Å²) in [6, 6.07) is 2.57. The molecule has 0 amide bonds. The lowest BCUT2D eigenvalue weighted by Gasteiger charge is -2.18. The molecule has 0 aliphatic heterocycles. The van der Waals surface area contributed by atoms with Crippen LogP contribution in [-0.4, -0.2) is 28.0 Å². The van der Waals surface area contributed by atoms with Gasteiger partial charge >= 0.3 is 0 Å². The van der Waals surface area contributed by atoms with E-state index in [9.17, 15) is 15.3 Å². The molecule has 0 saturated carbocycles. The van der Waals surface area contributed by atoms with E-state index in [0.29, 0.717) is 0 Å². The topological polar surface area (TPSA) is 109 Å². The fourth-order valence-corrected chi connectivity index (χ4v) is 1.75. The average molecular weight is 278 g/mol. The molecule has 0 bridgehead atoms. The highest BCUT2D eigenvalue weighted by atomic mass is 35.5. The number of hydrogen-bond donors (Lipinski definition) is 3. The predicted octanol–water partition coefficient (Wildman–Crippen LogP) is 2.40. The van der Waals surface area contributed by atoms with Crippen LogP contribution < -0.4 is 0 Å². The first kappa shape index (κ1) is 13.9. The zero-order valence-corrected chi connectivity index (χ0v) is 9.97. The van der Waals surface area contributed by atoms with E-state index in [1.54, 1.807) is 0 Å². The van der Waals surface area contributed by atoms with Crippen molar-refractivity contribution in [2.45, 2.75) is 12.2 Å². The van der Waals surface area contributed by atoms with Crippen LogP contribution in [0.1, 0.15) is 11.7 Å². The summed E-state index contributed by atoms with van der Waals surface area (Å²) in [6.07, 6.45) is -2.80. The standard InChI is InChI=1S/C9H9Cl2N3O3/c10-4-1-5(8(16)6(11)2-4)9(17)7(15)3-13-14-12/h1-2,7,9,15-17H,3H2. The molecule has 17 heavy (non-hydrogen) atoms. The van der Waals surface area contributed by atoms with Crippen molar-refractivity contribution in [1.29, 1.82) is 0 Å². The molecule has 1 aromatic carbocycles. The maximum atomic E-state index is 9.73. The Morgan fingerprint density at radius 3 is 2.59 bits per heavy atom. The van der Waals surface area contributed by atoms with Crippen LogP contribution in [0, 0.1) is 0 Å². The first-order chi connectivity index (χ1) is 7.97. The average Bonchev–Trinajstić information content (AvgIpc) is 2.29. The summed E-state index contributed by atoms with van der Waals surface area (Å²) >= 11 is 11.4. The minimum Gasteiger partial charge on any atom is -0.506 e. The smallest absolute Gasteiger partial charge is 0.140 e. The highest BCUT2D eigenvalue weighted by molar-refractivity contribution is 6.35. The molecule has 0 heterocycles. The van der Waals surface area contributed by atoms with Gasteiger partial charge in [0.1, 0.15) is 11.9 Å². The Bertz CT molecular complexity index is 463. The van der Waals surface area contributed by atoms with Crippen LogP contribution in [0.15, 0.2) is 17.2 Å². The van der Waals surface area contributed by atoms with Crippen molar-refractivity contribution in [3.8, 4) is 5.75 Å². The Morgan fingerprint density at radius 1 is 1.35 bits per heavy atom. The lowest BCUT2D eigenvalue weighted by molar-refractivity contribution is 0.0230. The van der Waals surface area contributed by atoms with Crippen molar-refractivity contribution in [3.63, 3.8) is 0 Å². The minimum absolute atomic E-state index is 0.0249. The second-order valence-corrected chi connectivity index (χ2v) is 4.09. The van der Waals surface area contributed by atoms with Gasteiger partial charge in [0.15, 0.2) is 0 Å². The molecule has 8 heteroatoms. The van der Waals surface area contributed by atoms with Crippen LogP contribution in [0.3, 0.4) is 0 Å². The lowest BCUT2D eigenvalue weighted by atomic mass is 10.0. The van der Waals surface area contributed by atoms with Crippen LogP contribution in [0.4, 0.5) is 0 Å². The Hall–Kier alpha value is -1.17. The third-order valence-electron chi connectivity index (χ3n) is 2.07. The Labute approximate surface area is 107 Å². The van der Waals surface area contributed by atoms with E-state index in [2.05, 4.69) is 10.0 Å². The molecule has 0 saturated heterocycles. The van der Waals surface area contributed by atoms with Crippen molar-refractivity contribution >= 4 is 23.2 Å². The summed E-state index contributed by atoms with van der Waals surface area (Å²) in [7, 11) is 0. The molecular weight excluding hydrogens is 269 g/mol. The van der Waals surface area contributed by atoms with Crippen LogP contribution >= 0.6 is 23.2 Å². The zero-order chi connectivity index (χ0) is 13.0. The lowest BCUT2D eigenvalue weighted by Crippen LogP contribution is -2.21. The van der Waals surface area contributed by atoms with Crippen LogP contribution in [-0.2, 0) is 0 Å². The summed E-state index contributed by atoms with van der Waals surface area (Å²) in [6.45, 7) is -0.332. The summed E-state index contributed by atoms with van der Waals surface area (Å²) in [5.74, 6) is -0.372. The first-order valence-electron chi connectivity index (χ1n) is 4.52. The van der Waals surface area contributed by atoms with Crippen molar-refractivity contribution in [3.05, 3.63) is 38.2 Å². The van der Waals surface area contributed by atoms with Gasteiger partial charge in [0, 0.05) is 15.5 Å². The number of aliphatic hydroxyl groups is 2. The number of aliphatic hydroxyl groups excluding tert-OH is 2. The summed E-state index contributed by atoms with van der Waals surface area (Å²) in [5.41, 5.74) is 8.06. The van der Waals surface area contributed by atoms with Gasteiger partial charge in [-0.1, -0.05) is 28.3 Å². The van der Waals surface area contributed by atoms with Gasteiger partial charge in [-0.3, -0.25) is 0 Å². The van der Waals surface area contributed by atoms with Crippen molar-refractivity contribution in [2.24, 2.45) is 5.11 Å². The van der Waals surface area contributed by atoms with E-state index in [1.807, 2.05) is 0 Å². The molecule has 0 radical (unpaired) electrons. The third kappa shape index (κ3) is 3.39. The SMILES string of the molecule is [N-]=[N+]=NCC(O)C(O)c1cc(Cl)cc(Cl)c1O. The fraction of sp³-hybridized carbons (Fsp3) is 0.333. The van der Waals surface area contributed by atoms with E-state index in [1.165, 1.54) is 12.1 Å². The Balaban J connectivity index is 3.02. The van der Waals surface area contributed by atoms with Crippen molar-refractivity contribution < 1.29 is 15.3 Å². The molecule has 2 unspecified atom stereocenters. The number of aromatic hydroxyl groups is 1. The van der Waals surface area contributed by atoms with E-state index < -0.39 is 12.2 Å². The number of hydrogen-bond acceptors (Lipinski definition) is 4. The fourth-order valence-electron chi connectivity index (χ4n) is 1.24. The van der Waals surface area contributed by atoms with Crippen molar-refractivity contribution in [2.75, 3.05) is 6.54 Å². The molecule has 0 aliphatic carbocycles. The summed E-state index contributed by atoms with van der Waals surface area (Å²) < 4.78 is 0. The van der Waals surface area contributed by atoms with Gasteiger partial charge in [0.2, 0.25) is 0 Å². The van der Waals surface area contributed by atoms with Crippen LogP contribution in [0.5, 0.6) is 5.75 Å². The monoisotopic (exact) mass is 277 g/mol. The maximum Gasteiger partial charge on any atom is 0.140 e. The van der Waals surface area contributed by atoms with Gasteiger partial charge in [-0.15, -0.1) is 0 Å². The zero-order valence-electron chi connectivity index (χ0n) is 8.46. The second-order valence-electron chi connectivity index (χ2n) is 3.25. The molecule has 0 spiro atoms. The molecule has 92 valence electrons. The van der Waals surface area contributed by atoms with Gasteiger partial charge in [-0.05, 0) is 17.7 Å². The first-order valence-corrected chi connectivity index (χ1v) is 5.28. The van der Waals surface area contributed by atoms with Gasteiger partial charge < -0.3 is 15.3 Å². The number of nitrogens with zero attached hydrogens (tertiary/aromatic N) is 3. The highest BCUT2D eigenvalue weighted by Gasteiger charge is 2.22. The molecule has 6 nitrogen and oxygen atoms in total. The highest BCUT2D eigenvalue weighted by Crippen LogP contribution is 2.35. The number of azide groups is 1. The molecule has 0 aliphatic rings. The molecule has 1 aromatic rings. The Kier molecular flexibility index (Phi) is 4.86. The molecule has 3 N–H and O–H groups in total. The molecular formula is C9H9Cl2N3O3. The third-order valence-corrected chi connectivity index (χ3v) is 2.58. The van der Waals surface area contributed by atoms with E-state index in [-0.39, 0.29) is 27.9 Å². The van der Waals surface area contributed by atoms with Gasteiger partial charge in [-0.25, -0.2) is 0 Å². The van der Waals surface area contributed by atoms with E-state index in [0.717, 1.165) is 0 Å². The quantitative estimate of drug-likeness (QED) is 0.446. The van der Waals surface area contributed by atoms with Gasteiger partial charge in [0.25, 0.3) is 0 Å². The van der Waals surface area contributed by atoms with Gasteiger partial charge in [0.05, 0.1) is 17.7 Å².